The standard InChI is InChI=1S/C24H21F3N2O3/c1-13-7-15-12-23(3,4)28-20(18(15)8-14(13)2)9-16(24(25,26)27)10-21(28)19-11-17(29(31)32)5-6-22(19)30/h5-11H,12H2,1-4H3. The summed E-state index contributed by atoms with van der Waals surface area (Å²) in [6, 6.07) is 3.85. The molecular formula is C24H21F3N2O3. The summed E-state index contributed by atoms with van der Waals surface area (Å²) in [7, 11) is 0. The number of hydrogen-bond donors (Lipinski definition) is 0. The molecule has 2 heterocycles. The number of benzene rings is 1. The molecule has 0 saturated heterocycles. The van der Waals surface area contributed by atoms with Crippen LogP contribution < -0.4 is 0 Å². The monoisotopic (exact) mass is 442 g/mol. The average molecular weight is 442 g/mol. The number of nitro groups is 1. The maximum Gasteiger partial charge on any atom is 0.416 e. The van der Waals surface area contributed by atoms with E-state index < -0.39 is 28.0 Å². The van der Waals surface area contributed by atoms with Gasteiger partial charge < -0.3 is 4.90 Å². The molecule has 0 atom stereocenters. The number of aryl methyl sites for hydroxylation is 2. The Labute approximate surface area is 183 Å². The molecule has 2 aliphatic heterocycles. The van der Waals surface area contributed by atoms with Gasteiger partial charge in [0.25, 0.3) is 5.70 Å². The SMILES string of the molecule is Cc1cc2c(cc1C)C1=CC(C(F)(F)F)=CC(=C3C=C([N+](=O)[O-])C=CC3=O)N1C(C)(C)C2. The average Bonchev–Trinajstić information content (AvgIpc) is 2.68. The van der Waals surface area contributed by atoms with Crippen molar-refractivity contribution in [1.82, 2.24) is 4.90 Å². The number of hydrogen-bond acceptors (Lipinski definition) is 4. The van der Waals surface area contributed by atoms with E-state index in [9.17, 15) is 28.1 Å². The summed E-state index contributed by atoms with van der Waals surface area (Å²) >= 11 is 0. The first-order valence-corrected chi connectivity index (χ1v) is 10.0. The summed E-state index contributed by atoms with van der Waals surface area (Å²) in [4.78, 5) is 25.0. The topological polar surface area (TPSA) is 63.5 Å². The fourth-order valence-electron chi connectivity index (χ4n) is 4.44. The van der Waals surface area contributed by atoms with Crippen molar-refractivity contribution in [3.63, 3.8) is 0 Å². The van der Waals surface area contributed by atoms with E-state index in [4.69, 9.17) is 0 Å². The summed E-state index contributed by atoms with van der Waals surface area (Å²) in [5, 5.41) is 11.3. The Balaban J connectivity index is 2.06. The van der Waals surface area contributed by atoms with Crippen molar-refractivity contribution in [1.29, 1.82) is 0 Å². The molecule has 0 N–H and O–H groups in total. The molecule has 1 aromatic rings. The quantitative estimate of drug-likeness (QED) is 0.335. The fourth-order valence-corrected chi connectivity index (χ4v) is 4.44. The molecule has 0 saturated carbocycles. The molecular weight excluding hydrogens is 421 g/mol. The van der Waals surface area contributed by atoms with E-state index in [2.05, 4.69) is 0 Å². The number of alkyl halides is 3. The van der Waals surface area contributed by atoms with Gasteiger partial charge in [-0.3, -0.25) is 14.9 Å². The van der Waals surface area contributed by atoms with E-state index in [1.165, 1.54) is 0 Å². The van der Waals surface area contributed by atoms with Crippen LogP contribution in [0.2, 0.25) is 0 Å². The molecule has 0 bridgehead atoms. The number of fused-ring (bicyclic) bond motifs is 3. The van der Waals surface area contributed by atoms with Gasteiger partial charge in [0.2, 0.25) is 0 Å². The predicted molar refractivity (Wildman–Crippen MR) is 114 cm³/mol. The second kappa shape index (κ2) is 7.05. The molecule has 0 fully saturated rings. The molecule has 8 heteroatoms. The van der Waals surface area contributed by atoms with Gasteiger partial charge in [0.1, 0.15) is 0 Å². The first-order valence-electron chi connectivity index (χ1n) is 10.0. The normalized spacial score (nSPS) is 22.0. The van der Waals surface area contributed by atoms with Gasteiger partial charge in [-0.05, 0) is 75.1 Å². The smallest absolute Gasteiger partial charge is 0.334 e. The van der Waals surface area contributed by atoms with Gasteiger partial charge in [0.15, 0.2) is 5.78 Å². The van der Waals surface area contributed by atoms with E-state index in [0.29, 0.717) is 17.7 Å². The van der Waals surface area contributed by atoms with Gasteiger partial charge >= 0.3 is 6.18 Å². The zero-order valence-electron chi connectivity index (χ0n) is 18.0. The van der Waals surface area contributed by atoms with E-state index in [0.717, 1.165) is 47.1 Å². The number of allylic oxidation sites excluding steroid dienone is 7. The van der Waals surface area contributed by atoms with Gasteiger partial charge in [-0.2, -0.15) is 13.2 Å². The molecule has 5 nitrogen and oxygen atoms in total. The van der Waals surface area contributed by atoms with Crippen LogP contribution in [0.15, 0.2) is 65.1 Å². The number of nitrogens with zero attached hydrogens (tertiary/aromatic N) is 2. The van der Waals surface area contributed by atoms with Crippen molar-refractivity contribution in [2.24, 2.45) is 0 Å². The highest BCUT2D eigenvalue weighted by Crippen LogP contribution is 2.47. The van der Waals surface area contributed by atoms with Gasteiger partial charge in [-0.25, -0.2) is 0 Å². The zero-order valence-corrected chi connectivity index (χ0v) is 18.0. The Morgan fingerprint density at radius 3 is 2.34 bits per heavy atom. The molecule has 1 aliphatic carbocycles. The minimum Gasteiger partial charge on any atom is -0.334 e. The third-order valence-corrected chi connectivity index (χ3v) is 6.07. The van der Waals surface area contributed by atoms with Crippen molar-refractivity contribution < 1.29 is 22.9 Å². The van der Waals surface area contributed by atoms with E-state index in [1.807, 2.05) is 39.8 Å². The van der Waals surface area contributed by atoms with Crippen LogP contribution in [0.5, 0.6) is 0 Å². The van der Waals surface area contributed by atoms with E-state index in [1.54, 1.807) is 4.90 Å². The summed E-state index contributed by atoms with van der Waals surface area (Å²) in [6.07, 6.45) is 1.02. The van der Waals surface area contributed by atoms with E-state index in [-0.39, 0.29) is 17.0 Å². The predicted octanol–water partition coefficient (Wildman–Crippen LogP) is 5.34. The van der Waals surface area contributed by atoms with Crippen LogP contribution in [0, 0.1) is 24.0 Å². The minimum atomic E-state index is -4.66. The second-order valence-electron chi connectivity index (χ2n) is 8.87. The van der Waals surface area contributed by atoms with Crippen LogP contribution in [-0.2, 0) is 11.2 Å². The number of halogens is 3. The summed E-state index contributed by atoms with van der Waals surface area (Å²) in [5.41, 5.74) is 1.83. The molecule has 0 unspecified atom stereocenters. The molecule has 32 heavy (non-hydrogen) atoms. The molecule has 0 amide bonds. The molecule has 0 aromatic heterocycles. The molecule has 4 rings (SSSR count). The Bertz CT molecular complexity index is 1230. The van der Waals surface area contributed by atoms with Crippen LogP contribution in [0.1, 0.15) is 36.1 Å². The van der Waals surface area contributed by atoms with Gasteiger partial charge in [0, 0.05) is 29.0 Å². The van der Waals surface area contributed by atoms with Gasteiger partial charge in [-0.15, -0.1) is 0 Å². The maximum atomic E-state index is 13.9. The minimum absolute atomic E-state index is 0.0115. The van der Waals surface area contributed by atoms with Crippen molar-refractivity contribution in [2.45, 2.75) is 45.8 Å². The molecule has 0 radical (unpaired) electrons. The summed E-state index contributed by atoms with van der Waals surface area (Å²) in [6.45, 7) is 7.61. The Morgan fingerprint density at radius 2 is 1.72 bits per heavy atom. The zero-order chi connectivity index (χ0) is 23.6. The summed E-state index contributed by atoms with van der Waals surface area (Å²) in [5.74, 6) is -0.577. The lowest BCUT2D eigenvalue weighted by Crippen LogP contribution is -2.48. The van der Waals surface area contributed by atoms with Crippen LogP contribution in [0.4, 0.5) is 13.2 Å². The van der Waals surface area contributed by atoms with Crippen LogP contribution in [0.25, 0.3) is 5.70 Å². The van der Waals surface area contributed by atoms with Gasteiger partial charge in [-0.1, -0.05) is 6.07 Å². The molecule has 0 spiro atoms. The fraction of sp³-hybridized carbons (Fsp3) is 0.292. The lowest BCUT2D eigenvalue weighted by Gasteiger charge is -2.49. The lowest BCUT2D eigenvalue weighted by molar-refractivity contribution is -0.419. The lowest BCUT2D eigenvalue weighted by atomic mass is 9.79. The Morgan fingerprint density at radius 1 is 1.06 bits per heavy atom. The summed E-state index contributed by atoms with van der Waals surface area (Å²) < 4.78 is 41.6. The highest BCUT2D eigenvalue weighted by Gasteiger charge is 2.44. The number of ketones is 1. The number of carbonyl (C=O) groups excluding carboxylic acids is 1. The highest BCUT2D eigenvalue weighted by molar-refractivity contribution is 6.08. The third kappa shape index (κ3) is 3.49. The molecule has 3 aliphatic rings. The van der Waals surface area contributed by atoms with Crippen molar-refractivity contribution >= 4 is 11.5 Å². The second-order valence-corrected chi connectivity index (χ2v) is 8.87. The van der Waals surface area contributed by atoms with E-state index >= 15 is 0 Å². The van der Waals surface area contributed by atoms with Gasteiger partial charge in [0.05, 0.1) is 21.8 Å². The van der Waals surface area contributed by atoms with Crippen molar-refractivity contribution in [2.75, 3.05) is 0 Å². The Hall–Kier alpha value is -3.42. The number of rotatable bonds is 1. The molecule has 166 valence electrons. The van der Waals surface area contributed by atoms with Crippen LogP contribution in [-0.4, -0.2) is 27.3 Å². The number of carbonyl (C=O) groups is 1. The van der Waals surface area contributed by atoms with Crippen molar-refractivity contribution in [3.05, 3.63) is 97.4 Å². The maximum absolute atomic E-state index is 13.9. The molecule has 1 aromatic carbocycles. The van der Waals surface area contributed by atoms with Crippen LogP contribution in [0.3, 0.4) is 0 Å². The first-order chi connectivity index (χ1) is 14.8. The third-order valence-electron chi connectivity index (χ3n) is 6.07. The van der Waals surface area contributed by atoms with Crippen LogP contribution >= 0.6 is 0 Å². The first kappa shape index (κ1) is 21.8. The highest BCUT2D eigenvalue weighted by atomic mass is 19.4. The van der Waals surface area contributed by atoms with Crippen molar-refractivity contribution in [3.8, 4) is 0 Å². The Kier molecular flexibility index (Phi) is 4.80. The largest absolute Gasteiger partial charge is 0.416 e.